The van der Waals surface area contributed by atoms with Crippen LogP contribution in [0.15, 0.2) is 43.0 Å². The summed E-state index contributed by atoms with van der Waals surface area (Å²) in [4.78, 5) is 17.7. The van der Waals surface area contributed by atoms with Gasteiger partial charge in [-0.15, -0.1) is 6.58 Å². The van der Waals surface area contributed by atoms with E-state index < -0.39 is 5.60 Å². The van der Waals surface area contributed by atoms with Crippen molar-refractivity contribution >= 4 is 5.78 Å². The Labute approximate surface area is 151 Å². The van der Waals surface area contributed by atoms with Gasteiger partial charge in [0.25, 0.3) is 0 Å². The summed E-state index contributed by atoms with van der Waals surface area (Å²) in [5.41, 5.74) is -0.561. The van der Waals surface area contributed by atoms with Crippen molar-refractivity contribution in [2.75, 3.05) is 39.3 Å². The van der Waals surface area contributed by atoms with Gasteiger partial charge in [0.1, 0.15) is 0 Å². The lowest BCUT2D eigenvalue weighted by atomic mass is 9.67. The second-order valence-electron chi connectivity index (χ2n) is 7.38. The number of benzene rings is 1. The van der Waals surface area contributed by atoms with E-state index in [9.17, 15) is 9.90 Å². The summed E-state index contributed by atoms with van der Waals surface area (Å²) in [5.74, 6) is 0.0271. The van der Waals surface area contributed by atoms with E-state index in [-0.39, 0.29) is 11.7 Å². The van der Waals surface area contributed by atoms with E-state index in [1.807, 2.05) is 36.4 Å². The summed E-state index contributed by atoms with van der Waals surface area (Å²) in [6, 6.07) is 9.53. The van der Waals surface area contributed by atoms with Crippen LogP contribution in [0, 0.1) is 5.92 Å². The van der Waals surface area contributed by atoms with Gasteiger partial charge in [-0.05, 0) is 30.7 Å². The van der Waals surface area contributed by atoms with Crippen molar-refractivity contribution in [3.8, 4) is 0 Å². The highest BCUT2D eigenvalue weighted by molar-refractivity contribution is 5.90. The number of hydrogen-bond donors (Lipinski definition) is 1. The molecule has 0 radical (unpaired) electrons. The minimum atomic E-state index is -1.32. The zero-order valence-electron chi connectivity index (χ0n) is 15.1. The van der Waals surface area contributed by atoms with Crippen molar-refractivity contribution in [3.05, 3.63) is 48.6 Å². The lowest BCUT2D eigenvalue weighted by Gasteiger charge is -2.42. The molecule has 1 heterocycles. The Morgan fingerprint density at radius 2 is 1.80 bits per heavy atom. The normalized spacial score (nSPS) is 22.1. The maximum absolute atomic E-state index is 13.1. The van der Waals surface area contributed by atoms with Gasteiger partial charge in [-0.1, -0.05) is 42.8 Å². The summed E-state index contributed by atoms with van der Waals surface area (Å²) >= 11 is 0. The molecular weight excluding hydrogens is 312 g/mol. The van der Waals surface area contributed by atoms with E-state index in [1.165, 1.54) is 0 Å². The molecule has 4 heteroatoms. The van der Waals surface area contributed by atoms with Crippen LogP contribution in [0.1, 0.15) is 31.2 Å². The van der Waals surface area contributed by atoms with Gasteiger partial charge >= 0.3 is 0 Å². The molecule has 1 aliphatic heterocycles. The maximum atomic E-state index is 13.1. The highest BCUT2D eigenvalue weighted by atomic mass is 16.3. The van der Waals surface area contributed by atoms with Crippen molar-refractivity contribution in [1.82, 2.24) is 9.80 Å². The van der Waals surface area contributed by atoms with Crippen molar-refractivity contribution in [1.29, 1.82) is 0 Å². The van der Waals surface area contributed by atoms with Gasteiger partial charge in [0.15, 0.2) is 11.4 Å². The highest BCUT2D eigenvalue weighted by Crippen LogP contribution is 2.43. The molecule has 0 aromatic heterocycles. The van der Waals surface area contributed by atoms with Gasteiger partial charge in [-0.25, -0.2) is 0 Å². The van der Waals surface area contributed by atoms with Crippen LogP contribution >= 0.6 is 0 Å². The zero-order valence-corrected chi connectivity index (χ0v) is 15.1. The molecule has 2 aliphatic rings. The minimum absolute atomic E-state index is 0.0389. The van der Waals surface area contributed by atoms with Crippen molar-refractivity contribution in [2.24, 2.45) is 5.92 Å². The third-order valence-corrected chi connectivity index (χ3v) is 5.82. The Morgan fingerprint density at radius 3 is 2.36 bits per heavy atom. The Morgan fingerprint density at radius 1 is 1.16 bits per heavy atom. The van der Waals surface area contributed by atoms with E-state index in [4.69, 9.17) is 0 Å². The number of rotatable bonds is 8. The van der Waals surface area contributed by atoms with Gasteiger partial charge in [0.05, 0.1) is 6.54 Å². The van der Waals surface area contributed by atoms with Crippen LogP contribution in [0.25, 0.3) is 0 Å². The van der Waals surface area contributed by atoms with Crippen LogP contribution in [0.5, 0.6) is 0 Å². The standard InChI is InChI=1S/C21H30N2O2/c1-2-3-12-22-13-15-23(16-14-22)17-20(24)21(25,19-10-7-11-19)18-8-5-4-6-9-18/h2,4-6,8-9,19,25H,1,3,7,10-17H2. The van der Waals surface area contributed by atoms with Crippen LogP contribution in [-0.2, 0) is 10.4 Å². The molecule has 4 nitrogen and oxygen atoms in total. The maximum Gasteiger partial charge on any atom is 0.183 e. The number of aliphatic hydroxyl groups is 1. The Hall–Kier alpha value is -1.49. The van der Waals surface area contributed by atoms with Crippen LogP contribution in [0.4, 0.5) is 0 Å². The number of hydrogen-bond acceptors (Lipinski definition) is 4. The molecule has 0 spiro atoms. The molecule has 1 unspecified atom stereocenters. The van der Waals surface area contributed by atoms with Gasteiger partial charge in [-0.2, -0.15) is 0 Å². The van der Waals surface area contributed by atoms with Crippen molar-refractivity contribution < 1.29 is 9.90 Å². The number of piperazine rings is 1. The van der Waals surface area contributed by atoms with Crippen molar-refractivity contribution in [3.63, 3.8) is 0 Å². The number of ketones is 1. The van der Waals surface area contributed by atoms with E-state index in [2.05, 4.69) is 16.4 Å². The Kier molecular flexibility index (Phi) is 6.05. The fourth-order valence-electron chi connectivity index (χ4n) is 3.91. The monoisotopic (exact) mass is 342 g/mol. The molecular formula is C21H30N2O2. The SMILES string of the molecule is C=CCCN1CCN(CC(=O)C(O)(c2ccccc2)C2CCC2)CC1. The molecule has 1 saturated carbocycles. The summed E-state index contributed by atoms with van der Waals surface area (Å²) in [5, 5.41) is 11.4. The van der Waals surface area contributed by atoms with E-state index in [0.717, 1.165) is 64.0 Å². The van der Waals surface area contributed by atoms with Gasteiger partial charge < -0.3 is 10.0 Å². The minimum Gasteiger partial charge on any atom is -0.377 e. The molecule has 1 atom stereocenters. The van der Waals surface area contributed by atoms with Crippen LogP contribution < -0.4 is 0 Å². The predicted molar refractivity (Wildman–Crippen MR) is 100 cm³/mol. The first kappa shape index (κ1) is 18.3. The number of carbonyl (C=O) groups excluding carboxylic acids is 1. The molecule has 1 aromatic carbocycles. The molecule has 25 heavy (non-hydrogen) atoms. The first-order chi connectivity index (χ1) is 12.1. The molecule has 1 aromatic rings. The summed E-state index contributed by atoms with van der Waals surface area (Å²) in [7, 11) is 0. The lowest BCUT2D eigenvalue weighted by Crippen LogP contribution is -2.53. The van der Waals surface area contributed by atoms with Crippen molar-refractivity contribution in [2.45, 2.75) is 31.3 Å². The summed E-state index contributed by atoms with van der Waals surface area (Å²) < 4.78 is 0. The first-order valence-corrected chi connectivity index (χ1v) is 9.51. The Balaban J connectivity index is 1.63. The fraction of sp³-hybridized carbons (Fsp3) is 0.571. The molecule has 1 N–H and O–H groups in total. The number of Topliss-reactive ketones (excluding diaryl/α,β-unsaturated/α-hetero) is 1. The predicted octanol–water partition coefficient (Wildman–Crippen LogP) is 2.44. The largest absolute Gasteiger partial charge is 0.377 e. The molecule has 2 fully saturated rings. The van der Waals surface area contributed by atoms with Crippen LogP contribution in [0.2, 0.25) is 0 Å². The molecule has 1 saturated heterocycles. The molecule has 3 rings (SSSR count). The smallest absolute Gasteiger partial charge is 0.183 e. The van der Waals surface area contributed by atoms with Crippen LogP contribution in [0.3, 0.4) is 0 Å². The first-order valence-electron chi connectivity index (χ1n) is 9.51. The quantitative estimate of drug-likeness (QED) is 0.737. The summed E-state index contributed by atoms with van der Waals surface area (Å²) in [6.45, 7) is 8.90. The lowest BCUT2D eigenvalue weighted by molar-refractivity contribution is -0.151. The average molecular weight is 342 g/mol. The van der Waals surface area contributed by atoms with E-state index in [1.54, 1.807) is 0 Å². The second kappa shape index (κ2) is 8.26. The van der Waals surface area contributed by atoms with Gasteiger partial charge in [0, 0.05) is 32.7 Å². The fourth-order valence-corrected chi connectivity index (χ4v) is 3.91. The number of carbonyl (C=O) groups is 1. The van der Waals surface area contributed by atoms with Crippen LogP contribution in [-0.4, -0.2) is 60.0 Å². The molecule has 136 valence electrons. The topological polar surface area (TPSA) is 43.8 Å². The number of nitrogens with zero attached hydrogens (tertiary/aromatic N) is 2. The van der Waals surface area contributed by atoms with Gasteiger partial charge in [0.2, 0.25) is 0 Å². The second-order valence-corrected chi connectivity index (χ2v) is 7.38. The third kappa shape index (κ3) is 4.02. The highest BCUT2D eigenvalue weighted by Gasteiger charge is 2.47. The average Bonchev–Trinajstić information content (AvgIpc) is 2.60. The molecule has 0 bridgehead atoms. The zero-order chi connectivity index (χ0) is 17.7. The Bertz CT molecular complexity index is 577. The molecule has 0 amide bonds. The summed E-state index contributed by atoms with van der Waals surface area (Å²) in [6.07, 6.45) is 5.94. The van der Waals surface area contributed by atoms with E-state index in [0.29, 0.717) is 6.54 Å². The van der Waals surface area contributed by atoms with Gasteiger partial charge in [-0.3, -0.25) is 9.69 Å². The third-order valence-electron chi connectivity index (χ3n) is 5.82. The van der Waals surface area contributed by atoms with E-state index >= 15 is 0 Å². The molecule has 1 aliphatic carbocycles.